The topological polar surface area (TPSA) is 46.5 Å². The molecule has 0 atom stereocenters. The van der Waals surface area contributed by atoms with Gasteiger partial charge in [0.25, 0.3) is 0 Å². The summed E-state index contributed by atoms with van der Waals surface area (Å²) in [5, 5.41) is 9.38. The van der Waals surface area contributed by atoms with Gasteiger partial charge in [0.2, 0.25) is 0 Å². The van der Waals surface area contributed by atoms with Crippen LogP contribution in [0.1, 0.15) is 47.7 Å². The third-order valence-corrected chi connectivity index (χ3v) is 3.60. The van der Waals surface area contributed by atoms with Crippen LogP contribution in [0.5, 0.6) is 5.75 Å². The summed E-state index contributed by atoms with van der Waals surface area (Å²) in [5.74, 6) is -0.435. The maximum Gasteiger partial charge on any atom is 0.339 e. The third-order valence-electron chi connectivity index (χ3n) is 3.60. The Morgan fingerprint density at radius 2 is 1.82 bits per heavy atom. The standard InChI is InChI=1S/C19H22O3/c1-2-3-5-11-16-12-8-13-17(19(20)21)18(16)22-14-15-9-6-4-7-10-15/h4,6-10,12-13H,2-3,5,11,14H2,1H3,(H,20,21). The summed E-state index contributed by atoms with van der Waals surface area (Å²) in [4.78, 5) is 11.4. The fourth-order valence-electron chi connectivity index (χ4n) is 2.42. The molecular weight excluding hydrogens is 276 g/mol. The molecule has 0 saturated carbocycles. The van der Waals surface area contributed by atoms with Gasteiger partial charge in [-0.15, -0.1) is 0 Å². The van der Waals surface area contributed by atoms with Crippen molar-refractivity contribution in [2.45, 2.75) is 39.2 Å². The Morgan fingerprint density at radius 1 is 1.05 bits per heavy atom. The second-order valence-corrected chi connectivity index (χ2v) is 5.33. The zero-order chi connectivity index (χ0) is 15.8. The van der Waals surface area contributed by atoms with Crippen molar-refractivity contribution in [3.63, 3.8) is 0 Å². The van der Waals surface area contributed by atoms with Gasteiger partial charge in [-0.25, -0.2) is 4.79 Å². The van der Waals surface area contributed by atoms with E-state index in [0.29, 0.717) is 12.4 Å². The maximum atomic E-state index is 11.4. The minimum absolute atomic E-state index is 0.241. The molecule has 0 amide bonds. The molecular formula is C19H22O3. The summed E-state index contributed by atoms with van der Waals surface area (Å²) in [7, 11) is 0. The van der Waals surface area contributed by atoms with Crippen LogP contribution in [0.3, 0.4) is 0 Å². The quantitative estimate of drug-likeness (QED) is 0.719. The molecule has 0 unspecified atom stereocenters. The number of hydrogen-bond acceptors (Lipinski definition) is 2. The zero-order valence-corrected chi connectivity index (χ0v) is 12.9. The molecule has 2 aromatic rings. The minimum Gasteiger partial charge on any atom is -0.488 e. The number of carboxylic acids is 1. The minimum atomic E-state index is -0.944. The van der Waals surface area contributed by atoms with Crippen molar-refractivity contribution in [3.8, 4) is 5.75 Å². The fourth-order valence-corrected chi connectivity index (χ4v) is 2.42. The van der Waals surface area contributed by atoms with Crippen molar-refractivity contribution < 1.29 is 14.6 Å². The van der Waals surface area contributed by atoms with Gasteiger partial charge >= 0.3 is 5.97 Å². The number of aromatic carboxylic acids is 1. The van der Waals surface area contributed by atoms with Crippen LogP contribution in [0.15, 0.2) is 48.5 Å². The Balaban J connectivity index is 2.19. The largest absolute Gasteiger partial charge is 0.488 e. The summed E-state index contributed by atoms with van der Waals surface area (Å²) in [5.41, 5.74) is 2.25. The molecule has 0 fully saturated rings. The average molecular weight is 298 g/mol. The monoisotopic (exact) mass is 298 g/mol. The summed E-state index contributed by atoms with van der Waals surface area (Å²) in [6, 6.07) is 15.1. The average Bonchev–Trinajstić information content (AvgIpc) is 2.54. The molecule has 22 heavy (non-hydrogen) atoms. The third kappa shape index (κ3) is 4.35. The van der Waals surface area contributed by atoms with Gasteiger partial charge in [0, 0.05) is 0 Å². The van der Waals surface area contributed by atoms with E-state index in [2.05, 4.69) is 6.92 Å². The molecule has 0 aliphatic carbocycles. The first-order valence-electron chi connectivity index (χ1n) is 7.74. The van der Waals surface area contributed by atoms with Crippen LogP contribution >= 0.6 is 0 Å². The van der Waals surface area contributed by atoms with E-state index in [-0.39, 0.29) is 5.56 Å². The van der Waals surface area contributed by atoms with Crippen LogP contribution in [-0.4, -0.2) is 11.1 Å². The first-order valence-corrected chi connectivity index (χ1v) is 7.74. The number of benzene rings is 2. The van der Waals surface area contributed by atoms with E-state index in [9.17, 15) is 9.90 Å². The number of para-hydroxylation sites is 1. The number of rotatable bonds is 8. The molecule has 0 spiro atoms. The fraction of sp³-hybridized carbons (Fsp3) is 0.316. The van der Waals surface area contributed by atoms with E-state index in [1.807, 2.05) is 36.4 Å². The lowest BCUT2D eigenvalue weighted by Crippen LogP contribution is -2.06. The molecule has 0 bridgehead atoms. The molecule has 0 radical (unpaired) electrons. The molecule has 3 heteroatoms. The molecule has 0 aromatic heterocycles. The Morgan fingerprint density at radius 3 is 2.50 bits per heavy atom. The van der Waals surface area contributed by atoms with Gasteiger partial charge in [0.1, 0.15) is 17.9 Å². The number of hydrogen-bond donors (Lipinski definition) is 1. The van der Waals surface area contributed by atoms with Gasteiger partial charge in [-0.1, -0.05) is 62.2 Å². The van der Waals surface area contributed by atoms with Crippen molar-refractivity contribution >= 4 is 5.97 Å². The molecule has 116 valence electrons. The van der Waals surface area contributed by atoms with Gasteiger partial charge in [-0.2, -0.15) is 0 Å². The molecule has 0 aliphatic heterocycles. The van der Waals surface area contributed by atoms with Crippen molar-refractivity contribution in [2.24, 2.45) is 0 Å². The van der Waals surface area contributed by atoms with Crippen LogP contribution < -0.4 is 4.74 Å². The smallest absolute Gasteiger partial charge is 0.339 e. The zero-order valence-electron chi connectivity index (χ0n) is 12.9. The second kappa shape index (κ2) is 8.23. The van der Waals surface area contributed by atoms with Crippen LogP contribution in [0, 0.1) is 0 Å². The number of ether oxygens (including phenoxy) is 1. The first-order chi connectivity index (χ1) is 10.7. The Bertz CT molecular complexity index is 605. The second-order valence-electron chi connectivity index (χ2n) is 5.33. The van der Waals surface area contributed by atoms with Gasteiger partial charge in [-0.05, 0) is 30.0 Å². The van der Waals surface area contributed by atoms with Crippen molar-refractivity contribution in [3.05, 3.63) is 65.2 Å². The predicted octanol–water partition coefficient (Wildman–Crippen LogP) is 4.70. The van der Waals surface area contributed by atoms with E-state index in [1.54, 1.807) is 12.1 Å². The SMILES string of the molecule is CCCCCc1cccc(C(=O)O)c1OCc1ccccc1. The molecule has 0 aliphatic rings. The highest BCUT2D eigenvalue weighted by Crippen LogP contribution is 2.27. The molecule has 0 saturated heterocycles. The van der Waals surface area contributed by atoms with E-state index in [4.69, 9.17) is 4.74 Å². The van der Waals surface area contributed by atoms with Gasteiger partial charge in [0.05, 0.1) is 0 Å². The highest BCUT2D eigenvalue weighted by atomic mass is 16.5. The van der Waals surface area contributed by atoms with Gasteiger partial charge < -0.3 is 9.84 Å². The van der Waals surface area contributed by atoms with E-state index in [0.717, 1.165) is 36.8 Å². The van der Waals surface area contributed by atoms with Crippen LogP contribution in [0.4, 0.5) is 0 Å². The maximum absolute atomic E-state index is 11.4. The predicted molar refractivity (Wildman–Crippen MR) is 87.4 cm³/mol. The van der Waals surface area contributed by atoms with Crippen molar-refractivity contribution in [1.29, 1.82) is 0 Å². The lowest BCUT2D eigenvalue weighted by atomic mass is 10.0. The van der Waals surface area contributed by atoms with E-state index >= 15 is 0 Å². The van der Waals surface area contributed by atoms with Gasteiger partial charge in [-0.3, -0.25) is 0 Å². The Labute approximate surface area is 131 Å². The summed E-state index contributed by atoms with van der Waals surface area (Å²) in [6.07, 6.45) is 4.16. The summed E-state index contributed by atoms with van der Waals surface area (Å²) >= 11 is 0. The van der Waals surface area contributed by atoms with Crippen LogP contribution in [-0.2, 0) is 13.0 Å². The number of carbonyl (C=O) groups is 1. The normalized spacial score (nSPS) is 10.4. The molecule has 1 N–H and O–H groups in total. The van der Waals surface area contributed by atoms with Crippen molar-refractivity contribution in [2.75, 3.05) is 0 Å². The lowest BCUT2D eigenvalue weighted by Gasteiger charge is -2.14. The van der Waals surface area contributed by atoms with Crippen LogP contribution in [0.25, 0.3) is 0 Å². The lowest BCUT2D eigenvalue weighted by molar-refractivity contribution is 0.0691. The first kappa shape index (κ1) is 16.1. The number of unbranched alkanes of at least 4 members (excludes halogenated alkanes) is 2. The van der Waals surface area contributed by atoms with E-state index < -0.39 is 5.97 Å². The summed E-state index contributed by atoms with van der Waals surface area (Å²) in [6.45, 7) is 2.53. The highest BCUT2D eigenvalue weighted by Gasteiger charge is 2.15. The Hall–Kier alpha value is -2.29. The molecule has 0 heterocycles. The molecule has 2 rings (SSSR count). The Kier molecular flexibility index (Phi) is 6.01. The molecule has 3 nitrogen and oxygen atoms in total. The van der Waals surface area contributed by atoms with Gasteiger partial charge in [0.15, 0.2) is 0 Å². The highest BCUT2D eigenvalue weighted by molar-refractivity contribution is 5.91. The van der Waals surface area contributed by atoms with E-state index in [1.165, 1.54) is 0 Å². The summed E-state index contributed by atoms with van der Waals surface area (Å²) < 4.78 is 5.87. The molecule has 2 aromatic carbocycles. The van der Waals surface area contributed by atoms with Crippen molar-refractivity contribution in [1.82, 2.24) is 0 Å². The number of carboxylic acid groups (broad SMARTS) is 1. The van der Waals surface area contributed by atoms with Crippen LogP contribution in [0.2, 0.25) is 0 Å². The number of aryl methyl sites for hydroxylation is 1.